The molecule has 0 radical (unpaired) electrons. The summed E-state index contributed by atoms with van der Waals surface area (Å²) in [5.74, 6) is 0.811. The van der Waals surface area contributed by atoms with Crippen LogP contribution in [0.5, 0.6) is 5.75 Å². The number of para-hydroxylation sites is 1. The molecule has 0 aliphatic rings. The van der Waals surface area contributed by atoms with E-state index in [1.54, 1.807) is 32.0 Å². The highest BCUT2D eigenvalue weighted by atomic mass is 32.2. The summed E-state index contributed by atoms with van der Waals surface area (Å²) in [7, 11) is -2.94. The molecule has 0 fully saturated rings. The molecule has 3 rings (SSSR count). The zero-order valence-corrected chi connectivity index (χ0v) is 19.6. The Morgan fingerprint density at radius 3 is 2.31 bits per heavy atom. The first-order valence-corrected chi connectivity index (χ1v) is 11.5. The van der Waals surface area contributed by atoms with Crippen molar-refractivity contribution in [1.82, 2.24) is 4.98 Å². The van der Waals surface area contributed by atoms with Crippen LogP contribution < -0.4 is 14.8 Å². The number of rotatable bonds is 6. The lowest BCUT2D eigenvalue weighted by atomic mass is 10.1. The van der Waals surface area contributed by atoms with Gasteiger partial charge in [-0.25, -0.2) is 13.4 Å². The second-order valence-corrected chi connectivity index (χ2v) is 9.08. The van der Waals surface area contributed by atoms with E-state index in [1.165, 1.54) is 19.2 Å². The number of hydrogen-bond donors (Lipinski definition) is 2. The van der Waals surface area contributed by atoms with Crippen molar-refractivity contribution in [1.29, 1.82) is 0 Å². The van der Waals surface area contributed by atoms with Crippen LogP contribution in [-0.4, -0.2) is 26.4 Å². The van der Waals surface area contributed by atoms with Crippen molar-refractivity contribution in [2.45, 2.75) is 24.9 Å². The van der Waals surface area contributed by atoms with E-state index in [0.29, 0.717) is 16.8 Å². The molecular weight excluding hydrogens is 483 g/mol. The lowest BCUT2D eigenvalue weighted by Crippen LogP contribution is -2.21. The summed E-state index contributed by atoms with van der Waals surface area (Å²) in [6, 6.07) is 10.9. The van der Waals surface area contributed by atoms with E-state index in [4.69, 9.17) is 11.2 Å². The van der Waals surface area contributed by atoms with Crippen molar-refractivity contribution in [3.8, 4) is 18.1 Å². The van der Waals surface area contributed by atoms with E-state index < -0.39 is 33.4 Å². The Balaban J connectivity index is 2.00. The third-order valence-electron chi connectivity index (χ3n) is 4.98. The van der Waals surface area contributed by atoms with Gasteiger partial charge in [0, 0.05) is 5.69 Å². The number of carbonyl (C=O) groups is 1. The maximum absolute atomic E-state index is 13.4. The van der Waals surface area contributed by atoms with Crippen LogP contribution >= 0.6 is 0 Å². The van der Waals surface area contributed by atoms with E-state index in [-0.39, 0.29) is 22.0 Å². The van der Waals surface area contributed by atoms with Gasteiger partial charge in [-0.2, -0.15) is 13.2 Å². The van der Waals surface area contributed by atoms with Crippen LogP contribution in [0.15, 0.2) is 53.4 Å². The number of aromatic nitrogens is 1. The minimum atomic E-state index is -4.94. The number of anilines is 2. The molecule has 0 aliphatic heterocycles. The van der Waals surface area contributed by atoms with Gasteiger partial charge in [0.05, 0.1) is 18.4 Å². The minimum Gasteiger partial charge on any atom is -0.495 e. The summed E-state index contributed by atoms with van der Waals surface area (Å²) < 4.78 is 74.3. The Labute approximate surface area is 200 Å². The molecular formula is C24H20F3N3O4S. The van der Waals surface area contributed by atoms with Crippen LogP contribution in [-0.2, 0) is 16.2 Å². The molecule has 1 heterocycles. The van der Waals surface area contributed by atoms with Crippen molar-refractivity contribution in [2.75, 3.05) is 17.1 Å². The Kier molecular flexibility index (Phi) is 7.07. The number of terminal acetylenes is 1. The largest absolute Gasteiger partial charge is 0.495 e. The van der Waals surface area contributed by atoms with Gasteiger partial charge in [-0.3, -0.25) is 9.52 Å². The zero-order chi connectivity index (χ0) is 26.0. The van der Waals surface area contributed by atoms with Crippen molar-refractivity contribution >= 4 is 27.3 Å². The number of nitrogens with zero attached hydrogens (tertiary/aromatic N) is 1. The molecule has 0 unspecified atom stereocenters. The second kappa shape index (κ2) is 9.68. The van der Waals surface area contributed by atoms with Crippen LogP contribution in [0.2, 0.25) is 0 Å². The van der Waals surface area contributed by atoms with Gasteiger partial charge in [-0.1, -0.05) is 24.1 Å². The Bertz CT molecular complexity index is 1430. The Hall–Kier alpha value is -4.04. The standard InChI is InChI=1S/C24H20F3N3O4S/c1-5-16-9-11-18(22(28-16)24(25,26)27)23(31)29-17-10-12-19(34-4)20(13-17)35(32,33)30-21-14(2)7-6-8-15(21)3/h1,6-13,30H,2-4H3,(H,29,31). The highest BCUT2D eigenvalue weighted by Crippen LogP contribution is 2.33. The van der Waals surface area contributed by atoms with Gasteiger partial charge in [-0.15, -0.1) is 6.42 Å². The fourth-order valence-electron chi connectivity index (χ4n) is 3.27. The number of methoxy groups -OCH3 is 1. The first kappa shape index (κ1) is 25.6. The van der Waals surface area contributed by atoms with Crippen LogP contribution in [0.25, 0.3) is 0 Å². The number of aryl methyl sites for hydroxylation is 2. The average Bonchev–Trinajstić information content (AvgIpc) is 2.80. The molecule has 2 N–H and O–H groups in total. The Morgan fingerprint density at radius 1 is 1.09 bits per heavy atom. The van der Waals surface area contributed by atoms with Gasteiger partial charge < -0.3 is 10.1 Å². The number of pyridine rings is 1. The summed E-state index contributed by atoms with van der Waals surface area (Å²) >= 11 is 0. The summed E-state index contributed by atoms with van der Waals surface area (Å²) in [6.07, 6.45) is 0.174. The van der Waals surface area contributed by atoms with Gasteiger partial charge in [0.1, 0.15) is 16.3 Å². The zero-order valence-electron chi connectivity index (χ0n) is 18.8. The molecule has 182 valence electrons. The molecule has 0 aliphatic carbocycles. The fraction of sp³-hybridized carbons (Fsp3) is 0.167. The molecule has 0 spiro atoms. The summed E-state index contributed by atoms with van der Waals surface area (Å²) in [5, 5.41) is 2.28. The van der Waals surface area contributed by atoms with Crippen molar-refractivity contribution in [3.05, 3.63) is 76.6 Å². The minimum absolute atomic E-state index is 0.0299. The smallest absolute Gasteiger partial charge is 0.434 e. The first-order valence-electron chi connectivity index (χ1n) is 10.0. The molecule has 2 aromatic carbocycles. The number of benzene rings is 2. The first-order chi connectivity index (χ1) is 16.4. The number of halogens is 3. The molecule has 1 amide bonds. The molecule has 3 aromatic rings. The van der Waals surface area contributed by atoms with E-state index in [1.807, 2.05) is 5.92 Å². The average molecular weight is 504 g/mol. The third-order valence-corrected chi connectivity index (χ3v) is 6.36. The predicted octanol–water partition coefficient (Wildman–Crippen LogP) is 4.76. The summed E-state index contributed by atoms with van der Waals surface area (Å²) in [4.78, 5) is 15.7. The lowest BCUT2D eigenvalue weighted by Gasteiger charge is -2.16. The summed E-state index contributed by atoms with van der Waals surface area (Å²) in [6.45, 7) is 3.47. The fourth-order valence-corrected chi connectivity index (χ4v) is 4.67. The van der Waals surface area contributed by atoms with Gasteiger partial charge in [0.25, 0.3) is 15.9 Å². The molecule has 0 saturated carbocycles. The topological polar surface area (TPSA) is 97.4 Å². The highest BCUT2D eigenvalue weighted by molar-refractivity contribution is 7.92. The van der Waals surface area contributed by atoms with Crippen LogP contribution in [0, 0.1) is 26.2 Å². The van der Waals surface area contributed by atoms with E-state index in [2.05, 4.69) is 15.0 Å². The van der Waals surface area contributed by atoms with Crippen LogP contribution in [0.3, 0.4) is 0 Å². The molecule has 0 atom stereocenters. The van der Waals surface area contributed by atoms with Crippen molar-refractivity contribution in [2.24, 2.45) is 0 Å². The molecule has 11 heteroatoms. The predicted molar refractivity (Wildman–Crippen MR) is 125 cm³/mol. The second-order valence-electron chi connectivity index (χ2n) is 7.43. The van der Waals surface area contributed by atoms with E-state index in [9.17, 15) is 26.4 Å². The number of hydrogen-bond acceptors (Lipinski definition) is 5. The molecule has 35 heavy (non-hydrogen) atoms. The Morgan fingerprint density at radius 2 is 1.74 bits per heavy atom. The maximum atomic E-state index is 13.4. The van der Waals surface area contributed by atoms with Gasteiger partial charge >= 0.3 is 6.18 Å². The van der Waals surface area contributed by atoms with Gasteiger partial charge in [0.2, 0.25) is 0 Å². The van der Waals surface area contributed by atoms with Crippen molar-refractivity contribution < 1.29 is 31.1 Å². The molecule has 0 saturated heterocycles. The number of nitrogens with one attached hydrogen (secondary N) is 2. The third kappa shape index (κ3) is 5.55. The number of amides is 1. The molecule has 0 bridgehead atoms. The van der Waals surface area contributed by atoms with Crippen LogP contribution in [0.4, 0.5) is 24.5 Å². The van der Waals surface area contributed by atoms with Crippen molar-refractivity contribution in [3.63, 3.8) is 0 Å². The molecule has 7 nitrogen and oxygen atoms in total. The van der Waals surface area contributed by atoms with Crippen LogP contribution in [0.1, 0.15) is 32.9 Å². The van der Waals surface area contributed by atoms with E-state index in [0.717, 1.165) is 18.2 Å². The maximum Gasteiger partial charge on any atom is 0.434 e. The number of carbonyl (C=O) groups excluding carboxylic acids is 1. The number of ether oxygens (including phenoxy) is 1. The number of sulfonamides is 1. The normalized spacial score (nSPS) is 11.5. The monoisotopic (exact) mass is 503 g/mol. The quantitative estimate of drug-likeness (QED) is 0.473. The highest BCUT2D eigenvalue weighted by Gasteiger charge is 2.37. The number of alkyl halides is 3. The van der Waals surface area contributed by atoms with Gasteiger partial charge in [0.15, 0.2) is 5.69 Å². The SMILES string of the molecule is C#Cc1ccc(C(=O)Nc2ccc(OC)c(S(=O)(=O)Nc3c(C)cccc3C)c2)c(C(F)(F)F)n1. The summed E-state index contributed by atoms with van der Waals surface area (Å²) in [5.41, 5.74) is -0.859. The van der Waals surface area contributed by atoms with E-state index >= 15 is 0 Å². The molecule has 1 aromatic heterocycles. The lowest BCUT2D eigenvalue weighted by molar-refractivity contribution is -0.141. The van der Waals surface area contributed by atoms with Gasteiger partial charge in [-0.05, 0) is 55.3 Å².